The quantitative estimate of drug-likeness (QED) is 0.169. The lowest BCUT2D eigenvalue weighted by Gasteiger charge is -2.26. The van der Waals surface area contributed by atoms with E-state index in [0.717, 1.165) is 27.2 Å². The summed E-state index contributed by atoms with van der Waals surface area (Å²) in [5, 5.41) is 2.46. The number of carbonyl (C=O) groups excluding carboxylic acids is 3. The van der Waals surface area contributed by atoms with Crippen molar-refractivity contribution in [3.63, 3.8) is 0 Å². The van der Waals surface area contributed by atoms with Crippen LogP contribution < -0.4 is 24.4 Å². The lowest BCUT2D eigenvalue weighted by atomic mass is 10.1. The fourth-order valence-corrected chi connectivity index (χ4v) is 4.68. The van der Waals surface area contributed by atoms with Crippen LogP contribution in [0.1, 0.15) is 27.8 Å². The van der Waals surface area contributed by atoms with Crippen molar-refractivity contribution in [2.24, 2.45) is 0 Å². The van der Waals surface area contributed by atoms with Gasteiger partial charge >= 0.3 is 6.03 Å². The van der Waals surface area contributed by atoms with Gasteiger partial charge in [-0.15, -0.1) is 0 Å². The Kier molecular flexibility index (Phi) is 8.78. The molecule has 4 amide bonds. The molecule has 1 aliphatic heterocycles. The zero-order chi connectivity index (χ0) is 30.5. The summed E-state index contributed by atoms with van der Waals surface area (Å²) in [4.78, 5) is 39.7. The van der Waals surface area contributed by atoms with E-state index in [-0.39, 0.29) is 22.9 Å². The maximum Gasteiger partial charge on any atom is 0.335 e. The molecule has 0 unspecified atom stereocenters. The second-order valence-electron chi connectivity index (χ2n) is 10.0. The van der Waals surface area contributed by atoms with Crippen LogP contribution in [-0.2, 0) is 22.8 Å². The molecule has 8 nitrogen and oxygen atoms in total. The lowest BCUT2D eigenvalue weighted by molar-refractivity contribution is -0.122. The number of amides is 4. The van der Waals surface area contributed by atoms with Gasteiger partial charge in [-0.1, -0.05) is 71.3 Å². The molecule has 1 heterocycles. The van der Waals surface area contributed by atoms with Gasteiger partial charge in [-0.3, -0.25) is 14.9 Å². The number of ether oxygens (including phenoxy) is 3. The van der Waals surface area contributed by atoms with E-state index >= 15 is 0 Å². The van der Waals surface area contributed by atoms with Gasteiger partial charge in [0.2, 0.25) is 0 Å². The molecule has 0 bridgehead atoms. The number of hydrogen-bond donors (Lipinski definition) is 1. The number of nitrogens with zero attached hydrogens (tertiary/aromatic N) is 1. The molecule has 1 aliphatic rings. The topological polar surface area (TPSA) is 94.2 Å². The highest BCUT2D eigenvalue weighted by molar-refractivity contribution is 6.39. The fraction of sp³-hybridized carbons (Fsp3) is 0.147. The van der Waals surface area contributed by atoms with Gasteiger partial charge < -0.3 is 14.2 Å². The number of aryl methyl sites for hydroxylation is 2. The van der Waals surface area contributed by atoms with Crippen molar-refractivity contribution >= 4 is 41.2 Å². The van der Waals surface area contributed by atoms with Crippen molar-refractivity contribution in [2.45, 2.75) is 27.1 Å². The Bertz CT molecular complexity index is 1700. The number of nitrogens with one attached hydrogen (secondary N) is 1. The van der Waals surface area contributed by atoms with Crippen LogP contribution in [0.2, 0.25) is 5.02 Å². The average Bonchev–Trinajstić information content (AvgIpc) is 2.99. The number of carbonyl (C=O) groups is 3. The molecule has 4 aromatic rings. The van der Waals surface area contributed by atoms with Gasteiger partial charge in [0.15, 0.2) is 11.5 Å². The Labute approximate surface area is 254 Å². The van der Waals surface area contributed by atoms with E-state index in [1.165, 1.54) is 13.2 Å². The summed E-state index contributed by atoms with van der Waals surface area (Å²) in [6.07, 6.45) is 1.36. The van der Waals surface area contributed by atoms with Crippen LogP contribution in [0.4, 0.5) is 10.5 Å². The average molecular weight is 597 g/mol. The van der Waals surface area contributed by atoms with Crippen LogP contribution in [0.5, 0.6) is 17.2 Å². The van der Waals surface area contributed by atoms with Crippen molar-refractivity contribution in [3.05, 3.63) is 123 Å². The number of rotatable bonds is 9. The summed E-state index contributed by atoms with van der Waals surface area (Å²) in [5.41, 5.74) is 4.71. The van der Waals surface area contributed by atoms with E-state index < -0.39 is 17.8 Å². The summed E-state index contributed by atoms with van der Waals surface area (Å²) in [7, 11) is 1.47. The van der Waals surface area contributed by atoms with Gasteiger partial charge in [-0.2, -0.15) is 0 Å². The van der Waals surface area contributed by atoms with E-state index in [0.29, 0.717) is 29.4 Å². The number of halogens is 1. The minimum Gasteiger partial charge on any atom is -0.493 e. The fourth-order valence-electron chi connectivity index (χ4n) is 4.40. The van der Waals surface area contributed by atoms with E-state index in [9.17, 15) is 14.4 Å². The van der Waals surface area contributed by atoms with Crippen LogP contribution >= 0.6 is 11.6 Å². The summed E-state index contributed by atoms with van der Waals surface area (Å²) in [6, 6.07) is 24.7. The molecule has 0 atom stereocenters. The van der Waals surface area contributed by atoms with Gasteiger partial charge in [0, 0.05) is 0 Å². The van der Waals surface area contributed by atoms with E-state index in [1.807, 2.05) is 62.4 Å². The minimum absolute atomic E-state index is 0.233. The third kappa shape index (κ3) is 6.88. The molecule has 0 radical (unpaired) electrons. The number of methoxy groups -OCH3 is 1. The Morgan fingerprint density at radius 2 is 1.37 bits per heavy atom. The van der Waals surface area contributed by atoms with E-state index in [4.69, 9.17) is 25.8 Å². The number of urea groups is 1. The largest absolute Gasteiger partial charge is 0.493 e. The van der Waals surface area contributed by atoms with Gasteiger partial charge in [-0.25, -0.2) is 9.69 Å². The number of hydrogen-bond acceptors (Lipinski definition) is 6. The molecule has 1 saturated heterocycles. The zero-order valence-electron chi connectivity index (χ0n) is 23.8. The lowest BCUT2D eigenvalue weighted by Crippen LogP contribution is -2.54. The maximum absolute atomic E-state index is 13.4. The van der Waals surface area contributed by atoms with E-state index in [2.05, 4.69) is 5.32 Å². The number of anilines is 1. The summed E-state index contributed by atoms with van der Waals surface area (Å²) in [6.45, 7) is 4.65. The first kappa shape index (κ1) is 29.4. The predicted octanol–water partition coefficient (Wildman–Crippen LogP) is 6.79. The Morgan fingerprint density at radius 1 is 0.791 bits per heavy atom. The van der Waals surface area contributed by atoms with E-state index in [1.54, 1.807) is 36.4 Å². The highest BCUT2D eigenvalue weighted by Gasteiger charge is 2.37. The molecule has 0 aliphatic carbocycles. The molecular weight excluding hydrogens is 568 g/mol. The second-order valence-corrected chi connectivity index (χ2v) is 10.4. The molecule has 4 aromatic carbocycles. The first-order valence-corrected chi connectivity index (χ1v) is 13.9. The Hall–Kier alpha value is -5.08. The first-order valence-electron chi connectivity index (χ1n) is 13.5. The van der Waals surface area contributed by atoms with Gasteiger partial charge in [0.05, 0.1) is 17.8 Å². The molecule has 43 heavy (non-hydrogen) atoms. The van der Waals surface area contributed by atoms with Gasteiger partial charge in [-0.05, 0) is 73.0 Å². The Morgan fingerprint density at radius 3 is 1.95 bits per heavy atom. The van der Waals surface area contributed by atoms with Crippen molar-refractivity contribution in [1.29, 1.82) is 0 Å². The minimum atomic E-state index is -0.851. The van der Waals surface area contributed by atoms with Crippen LogP contribution in [0.15, 0.2) is 90.5 Å². The summed E-state index contributed by atoms with van der Waals surface area (Å²) in [5.74, 6) is -0.388. The van der Waals surface area contributed by atoms with Crippen molar-refractivity contribution < 1.29 is 28.6 Å². The highest BCUT2D eigenvalue weighted by Crippen LogP contribution is 2.38. The summed E-state index contributed by atoms with van der Waals surface area (Å²) < 4.78 is 17.3. The van der Waals surface area contributed by atoms with Crippen LogP contribution in [0, 0.1) is 13.8 Å². The second kappa shape index (κ2) is 12.8. The van der Waals surface area contributed by atoms with Crippen LogP contribution in [0.25, 0.3) is 6.08 Å². The maximum atomic E-state index is 13.4. The zero-order valence-corrected chi connectivity index (χ0v) is 24.6. The third-order valence-electron chi connectivity index (χ3n) is 6.79. The van der Waals surface area contributed by atoms with Crippen molar-refractivity contribution in [3.8, 4) is 17.2 Å². The number of benzene rings is 4. The molecule has 0 saturated carbocycles. The monoisotopic (exact) mass is 596 g/mol. The Balaban J connectivity index is 1.33. The van der Waals surface area contributed by atoms with Crippen LogP contribution in [0.3, 0.4) is 0 Å². The van der Waals surface area contributed by atoms with Crippen molar-refractivity contribution in [1.82, 2.24) is 5.32 Å². The summed E-state index contributed by atoms with van der Waals surface area (Å²) >= 11 is 6.53. The SMILES string of the molecule is COc1cc(/C=C2\C(=O)NC(=O)N(c3ccc(OCc4ccc(C)cc4)cc3)C2=O)cc(Cl)c1OCc1ccc(C)cc1. The van der Waals surface area contributed by atoms with Gasteiger partial charge in [0.25, 0.3) is 11.8 Å². The number of barbiturate groups is 1. The molecule has 0 spiro atoms. The molecule has 0 aromatic heterocycles. The third-order valence-corrected chi connectivity index (χ3v) is 7.07. The molecule has 218 valence electrons. The molecule has 1 N–H and O–H groups in total. The molecular formula is C34H29ClN2O6. The standard InChI is InChI=1S/C34H29ClN2O6/c1-21-4-8-23(9-5-21)19-42-27-14-12-26(13-15-27)37-33(39)28(32(38)36-34(37)40)16-25-17-29(35)31(30(18-25)41-3)43-20-24-10-6-22(2)7-11-24/h4-18H,19-20H2,1-3H3,(H,36,38,40)/b28-16+. The molecule has 5 rings (SSSR count). The molecule has 1 fully saturated rings. The number of imide groups is 2. The molecule has 9 heteroatoms. The highest BCUT2D eigenvalue weighted by atomic mass is 35.5. The first-order chi connectivity index (χ1) is 20.7. The van der Waals surface area contributed by atoms with Gasteiger partial charge in [0.1, 0.15) is 24.5 Å². The predicted molar refractivity (Wildman–Crippen MR) is 164 cm³/mol. The van der Waals surface area contributed by atoms with Crippen molar-refractivity contribution in [2.75, 3.05) is 12.0 Å². The smallest absolute Gasteiger partial charge is 0.335 e. The normalized spacial score (nSPS) is 14.1. The van der Waals surface area contributed by atoms with Crippen LogP contribution in [-0.4, -0.2) is 25.0 Å².